The van der Waals surface area contributed by atoms with E-state index in [0.29, 0.717) is 17.0 Å². The van der Waals surface area contributed by atoms with E-state index < -0.39 is 0 Å². The smallest absolute Gasteiger partial charge is 0.131 e. The molecular weight excluding hydrogens is 378 g/mol. The van der Waals surface area contributed by atoms with E-state index in [1.54, 1.807) is 25.2 Å². The highest BCUT2D eigenvalue weighted by Gasteiger charge is 2.22. The third-order valence-electron chi connectivity index (χ3n) is 4.88. The van der Waals surface area contributed by atoms with Crippen LogP contribution in [0.15, 0.2) is 43.0 Å². The summed E-state index contributed by atoms with van der Waals surface area (Å²) in [5, 5.41) is 22.5. The van der Waals surface area contributed by atoms with Crippen LogP contribution in [0.1, 0.15) is 43.4 Å². The summed E-state index contributed by atoms with van der Waals surface area (Å²) in [5.41, 5.74) is 3.95. The van der Waals surface area contributed by atoms with Gasteiger partial charge in [-0.3, -0.25) is 10.3 Å². The number of hydrogen-bond acceptors (Lipinski definition) is 5. The second kappa shape index (κ2) is 10.8. The molecule has 0 spiro atoms. The number of benzene rings is 2. The Morgan fingerprint density at radius 3 is 2.40 bits per heavy atom. The first kappa shape index (κ1) is 23.4. The van der Waals surface area contributed by atoms with E-state index in [0.717, 1.165) is 29.9 Å². The first-order valence-corrected chi connectivity index (χ1v) is 10.1. The summed E-state index contributed by atoms with van der Waals surface area (Å²) in [5.74, 6) is 1.11. The lowest BCUT2D eigenvalue weighted by molar-refractivity contribution is 0.244. The minimum Gasteiger partial charge on any atom is -0.507 e. The summed E-state index contributed by atoms with van der Waals surface area (Å²) in [6, 6.07) is 11.4. The Hall–Kier alpha value is -2.83. The Labute approximate surface area is 179 Å². The normalized spacial score (nSPS) is 10.9. The molecule has 0 radical (unpaired) electrons. The number of ether oxygens (including phenoxy) is 2. The molecule has 0 bridgehead atoms. The Balaban J connectivity index is 2.48. The van der Waals surface area contributed by atoms with Crippen molar-refractivity contribution in [2.24, 2.45) is 0 Å². The molecule has 30 heavy (non-hydrogen) atoms. The van der Waals surface area contributed by atoms with E-state index in [9.17, 15) is 5.11 Å². The third kappa shape index (κ3) is 5.40. The van der Waals surface area contributed by atoms with Gasteiger partial charge in [-0.15, -0.1) is 0 Å². The lowest BCUT2D eigenvalue weighted by atomic mass is 9.97. The SMILES string of the molecule is C=C(c1cc(C(C)C)c(OC)cc1O)N(C(=N)COC)c1ccc(CNCC)cc1. The quantitative estimate of drug-likeness (QED) is 0.389. The summed E-state index contributed by atoms with van der Waals surface area (Å²) < 4.78 is 10.6. The molecule has 2 rings (SSSR count). The van der Waals surface area contributed by atoms with Crippen molar-refractivity contribution in [2.75, 3.05) is 32.3 Å². The number of methoxy groups -OCH3 is 2. The molecule has 6 heteroatoms. The van der Waals surface area contributed by atoms with Crippen LogP contribution in [-0.2, 0) is 11.3 Å². The number of amidine groups is 1. The maximum atomic E-state index is 10.7. The third-order valence-corrected chi connectivity index (χ3v) is 4.88. The monoisotopic (exact) mass is 411 g/mol. The highest BCUT2D eigenvalue weighted by Crippen LogP contribution is 2.38. The van der Waals surface area contributed by atoms with E-state index in [1.807, 2.05) is 30.3 Å². The van der Waals surface area contributed by atoms with Crippen LogP contribution in [0.25, 0.3) is 5.70 Å². The van der Waals surface area contributed by atoms with Gasteiger partial charge in [-0.05, 0) is 41.8 Å². The largest absolute Gasteiger partial charge is 0.507 e. The Morgan fingerprint density at radius 2 is 1.87 bits per heavy atom. The van der Waals surface area contributed by atoms with Gasteiger partial charge in [-0.2, -0.15) is 0 Å². The zero-order valence-electron chi connectivity index (χ0n) is 18.6. The Morgan fingerprint density at radius 1 is 1.20 bits per heavy atom. The average Bonchev–Trinajstić information content (AvgIpc) is 2.72. The average molecular weight is 412 g/mol. The molecule has 3 N–H and O–H groups in total. The number of phenolic OH excluding ortho intramolecular Hbond substituents is 1. The number of anilines is 1. The fraction of sp³-hybridized carbons (Fsp3) is 0.375. The number of nitrogens with one attached hydrogen (secondary N) is 2. The van der Waals surface area contributed by atoms with Crippen LogP contribution < -0.4 is 15.0 Å². The minimum atomic E-state index is 0.0558. The van der Waals surface area contributed by atoms with Crippen molar-refractivity contribution in [1.29, 1.82) is 5.41 Å². The van der Waals surface area contributed by atoms with Crippen LogP contribution in [0.2, 0.25) is 0 Å². The number of hydrogen-bond donors (Lipinski definition) is 3. The van der Waals surface area contributed by atoms with Crippen LogP contribution in [-0.4, -0.2) is 38.3 Å². The molecule has 2 aromatic rings. The Kier molecular flexibility index (Phi) is 8.45. The van der Waals surface area contributed by atoms with Crippen LogP contribution in [0, 0.1) is 5.41 Å². The lowest BCUT2D eigenvalue weighted by Gasteiger charge is -2.28. The Bertz CT molecular complexity index is 876. The maximum Gasteiger partial charge on any atom is 0.131 e. The minimum absolute atomic E-state index is 0.0558. The van der Waals surface area contributed by atoms with Crippen molar-refractivity contribution in [3.05, 3.63) is 59.7 Å². The summed E-state index contributed by atoms with van der Waals surface area (Å²) in [7, 11) is 3.14. The summed E-state index contributed by atoms with van der Waals surface area (Å²) in [4.78, 5) is 1.70. The molecule has 0 aromatic heterocycles. The van der Waals surface area contributed by atoms with Gasteiger partial charge in [0.05, 0.1) is 12.8 Å². The molecule has 0 aliphatic carbocycles. The summed E-state index contributed by atoms with van der Waals surface area (Å²) in [6.07, 6.45) is 0. The maximum absolute atomic E-state index is 10.7. The molecule has 0 aliphatic rings. The molecule has 0 atom stereocenters. The number of nitrogens with zero attached hydrogens (tertiary/aromatic N) is 1. The van der Waals surface area contributed by atoms with E-state index in [1.165, 1.54) is 0 Å². The van der Waals surface area contributed by atoms with Gasteiger partial charge < -0.3 is 19.9 Å². The van der Waals surface area contributed by atoms with E-state index in [2.05, 4.69) is 32.7 Å². The van der Waals surface area contributed by atoms with Gasteiger partial charge in [0, 0.05) is 31.0 Å². The molecule has 2 aromatic carbocycles. The van der Waals surface area contributed by atoms with Crippen LogP contribution in [0.5, 0.6) is 11.5 Å². The van der Waals surface area contributed by atoms with Gasteiger partial charge in [0.1, 0.15) is 23.9 Å². The van der Waals surface area contributed by atoms with Gasteiger partial charge in [0.15, 0.2) is 0 Å². The molecule has 162 valence electrons. The van der Waals surface area contributed by atoms with E-state index in [-0.39, 0.29) is 24.1 Å². The van der Waals surface area contributed by atoms with Gasteiger partial charge >= 0.3 is 0 Å². The van der Waals surface area contributed by atoms with Crippen LogP contribution in [0.3, 0.4) is 0 Å². The van der Waals surface area contributed by atoms with E-state index in [4.69, 9.17) is 14.9 Å². The van der Waals surface area contributed by atoms with Crippen molar-refractivity contribution in [3.63, 3.8) is 0 Å². The zero-order chi connectivity index (χ0) is 22.3. The highest BCUT2D eigenvalue weighted by atomic mass is 16.5. The molecule has 0 unspecified atom stereocenters. The van der Waals surface area contributed by atoms with E-state index >= 15 is 0 Å². The topological polar surface area (TPSA) is 77.8 Å². The van der Waals surface area contributed by atoms with Gasteiger partial charge in [-0.25, -0.2) is 0 Å². The van der Waals surface area contributed by atoms with Gasteiger partial charge in [-0.1, -0.05) is 39.5 Å². The molecule has 0 heterocycles. The second-order valence-corrected chi connectivity index (χ2v) is 7.37. The predicted octanol–water partition coefficient (Wildman–Crippen LogP) is 4.73. The zero-order valence-corrected chi connectivity index (χ0v) is 18.6. The first-order valence-electron chi connectivity index (χ1n) is 10.1. The standard InChI is InChI=1S/C24H33N3O3/c1-7-26-14-18-8-10-19(11-9-18)27(24(25)15-29-5)17(4)21-12-20(16(2)3)23(30-6)13-22(21)28/h8-13,16,25-26,28H,4,7,14-15H2,1-3,5-6H3. The summed E-state index contributed by atoms with van der Waals surface area (Å²) >= 11 is 0. The number of phenols is 1. The molecule has 0 saturated carbocycles. The predicted molar refractivity (Wildman–Crippen MR) is 124 cm³/mol. The number of rotatable bonds is 10. The second-order valence-electron chi connectivity index (χ2n) is 7.37. The van der Waals surface area contributed by atoms with Crippen molar-refractivity contribution in [1.82, 2.24) is 5.32 Å². The summed E-state index contributed by atoms with van der Waals surface area (Å²) in [6.45, 7) is 12.2. The molecular formula is C24H33N3O3. The van der Waals surface area contributed by atoms with Crippen molar-refractivity contribution >= 4 is 17.2 Å². The van der Waals surface area contributed by atoms with Crippen molar-refractivity contribution < 1.29 is 14.6 Å². The van der Waals surface area contributed by atoms with Gasteiger partial charge in [0.2, 0.25) is 0 Å². The molecule has 0 amide bonds. The molecule has 6 nitrogen and oxygen atoms in total. The van der Waals surface area contributed by atoms with Crippen LogP contribution in [0.4, 0.5) is 5.69 Å². The van der Waals surface area contributed by atoms with Crippen LogP contribution >= 0.6 is 0 Å². The number of aromatic hydroxyl groups is 1. The highest BCUT2D eigenvalue weighted by molar-refractivity contribution is 6.08. The first-order chi connectivity index (χ1) is 14.3. The lowest BCUT2D eigenvalue weighted by Crippen LogP contribution is -2.31. The molecule has 0 aliphatic heterocycles. The van der Waals surface area contributed by atoms with Crippen molar-refractivity contribution in [2.45, 2.75) is 33.2 Å². The fourth-order valence-corrected chi connectivity index (χ4v) is 3.27. The molecule has 0 fully saturated rings. The molecule has 0 saturated heterocycles. The van der Waals surface area contributed by atoms with Crippen molar-refractivity contribution in [3.8, 4) is 11.5 Å². The van der Waals surface area contributed by atoms with Gasteiger partial charge in [0.25, 0.3) is 0 Å². The fourth-order valence-electron chi connectivity index (χ4n) is 3.27.